The number of ether oxygens (including phenoxy) is 1. The van der Waals surface area contributed by atoms with E-state index in [1.165, 1.54) is 37.7 Å². The van der Waals surface area contributed by atoms with Gasteiger partial charge in [-0.05, 0) is 61.6 Å². The summed E-state index contributed by atoms with van der Waals surface area (Å²) in [5, 5.41) is 0. The largest absolute Gasteiger partial charge is 0.493 e. The highest BCUT2D eigenvalue weighted by Gasteiger charge is 2.20. The number of halogens is 1. The molecule has 0 unspecified atom stereocenters. The smallest absolute Gasteiger partial charge is 0.119 e. The quantitative estimate of drug-likeness (QED) is 0.662. The van der Waals surface area contributed by atoms with Crippen LogP contribution in [0.25, 0.3) is 0 Å². The lowest BCUT2D eigenvalue weighted by Crippen LogP contribution is -2.20. The number of rotatable bonds is 6. The summed E-state index contributed by atoms with van der Waals surface area (Å²) in [7, 11) is 0. The van der Waals surface area contributed by atoms with Crippen LogP contribution >= 0.6 is 11.6 Å². The highest BCUT2D eigenvalue weighted by molar-refractivity contribution is 6.18. The fourth-order valence-corrected chi connectivity index (χ4v) is 3.12. The van der Waals surface area contributed by atoms with Gasteiger partial charge in [0.1, 0.15) is 5.75 Å². The van der Waals surface area contributed by atoms with Gasteiger partial charge in [-0.15, -0.1) is 11.6 Å². The van der Waals surface area contributed by atoms with E-state index in [1.54, 1.807) is 0 Å². The van der Waals surface area contributed by atoms with Gasteiger partial charge in [-0.2, -0.15) is 0 Å². The third-order valence-corrected chi connectivity index (χ3v) is 4.57. The Hall–Kier alpha value is -0.690. The molecule has 2 heteroatoms. The molecule has 106 valence electrons. The Balaban J connectivity index is 1.73. The average Bonchev–Trinajstić information content (AvgIpc) is 2.47. The molecule has 1 aromatic carbocycles. The van der Waals surface area contributed by atoms with E-state index in [0.717, 1.165) is 36.5 Å². The zero-order valence-electron chi connectivity index (χ0n) is 11.9. The van der Waals surface area contributed by atoms with E-state index in [2.05, 4.69) is 31.2 Å². The molecule has 0 aromatic heterocycles. The van der Waals surface area contributed by atoms with Crippen molar-refractivity contribution in [3.8, 4) is 5.75 Å². The Bertz CT molecular complexity index is 352. The molecule has 2 rings (SSSR count). The van der Waals surface area contributed by atoms with Crippen LogP contribution in [0.2, 0.25) is 0 Å². The summed E-state index contributed by atoms with van der Waals surface area (Å²) in [4.78, 5) is 0. The van der Waals surface area contributed by atoms with Crippen LogP contribution in [0.4, 0.5) is 0 Å². The zero-order valence-corrected chi connectivity index (χ0v) is 12.7. The van der Waals surface area contributed by atoms with Gasteiger partial charge in [-0.3, -0.25) is 0 Å². The van der Waals surface area contributed by atoms with Crippen LogP contribution in [-0.4, -0.2) is 12.5 Å². The molecule has 0 radical (unpaired) electrons. The van der Waals surface area contributed by atoms with Crippen molar-refractivity contribution in [3.05, 3.63) is 29.8 Å². The summed E-state index contributed by atoms with van der Waals surface area (Å²) in [5.41, 5.74) is 1.40. The topological polar surface area (TPSA) is 9.23 Å². The summed E-state index contributed by atoms with van der Waals surface area (Å²) in [5.74, 6) is 3.30. The van der Waals surface area contributed by atoms with Gasteiger partial charge in [-0.25, -0.2) is 0 Å². The van der Waals surface area contributed by atoms with Gasteiger partial charge in [0.25, 0.3) is 0 Å². The van der Waals surface area contributed by atoms with E-state index in [-0.39, 0.29) is 0 Å². The van der Waals surface area contributed by atoms with Crippen molar-refractivity contribution in [3.63, 3.8) is 0 Å². The third-order valence-electron chi connectivity index (χ3n) is 4.13. The molecule has 1 aliphatic carbocycles. The molecule has 1 nitrogen and oxygen atoms in total. The summed E-state index contributed by atoms with van der Waals surface area (Å²) in [6.45, 7) is 3.07. The molecule has 0 heterocycles. The van der Waals surface area contributed by atoms with Crippen LogP contribution in [-0.2, 0) is 6.42 Å². The van der Waals surface area contributed by atoms with Crippen LogP contribution in [0.15, 0.2) is 24.3 Å². The SMILES string of the molecule is CCCc1ccc(OCC2CCC(CCl)CC2)cc1. The van der Waals surface area contributed by atoms with Gasteiger partial charge < -0.3 is 4.74 Å². The summed E-state index contributed by atoms with van der Waals surface area (Å²) in [6, 6.07) is 8.58. The molecule has 0 spiro atoms. The maximum atomic E-state index is 5.91. The summed E-state index contributed by atoms with van der Waals surface area (Å²) in [6.07, 6.45) is 7.43. The molecular weight excluding hydrogens is 256 g/mol. The molecule has 0 atom stereocenters. The number of hydrogen-bond donors (Lipinski definition) is 0. The Morgan fingerprint density at radius 1 is 1.05 bits per heavy atom. The van der Waals surface area contributed by atoms with Gasteiger partial charge in [0, 0.05) is 5.88 Å². The summed E-state index contributed by atoms with van der Waals surface area (Å²) >= 11 is 5.91. The van der Waals surface area contributed by atoms with Crippen molar-refractivity contribution in [1.82, 2.24) is 0 Å². The van der Waals surface area contributed by atoms with E-state index in [4.69, 9.17) is 16.3 Å². The molecule has 0 aliphatic heterocycles. The number of benzene rings is 1. The first-order valence-corrected chi connectivity index (χ1v) is 8.13. The van der Waals surface area contributed by atoms with E-state index in [0.29, 0.717) is 0 Å². The van der Waals surface area contributed by atoms with Gasteiger partial charge in [0.2, 0.25) is 0 Å². The van der Waals surface area contributed by atoms with Gasteiger partial charge >= 0.3 is 0 Å². The van der Waals surface area contributed by atoms with Crippen molar-refractivity contribution < 1.29 is 4.74 Å². The second kappa shape index (κ2) is 7.79. The molecule has 1 aliphatic rings. The van der Waals surface area contributed by atoms with Crippen molar-refractivity contribution in [2.45, 2.75) is 45.4 Å². The molecule has 1 aromatic rings. The maximum absolute atomic E-state index is 5.91. The van der Waals surface area contributed by atoms with Crippen LogP contribution in [0.5, 0.6) is 5.75 Å². The van der Waals surface area contributed by atoms with Crippen LogP contribution in [0.3, 0.4) is 0 Å². The molecule has 1 saturated carbocycles. The molecule has 0 N–H and O–H groups in total. The molecule has 0 amide bonds. The van der Waals surface area contributed by atoms with Gasteiger partial charge in [0.15, 0.2) is 0 Å². The van der Waals surface area contributed by atoms with E-state index in [9.17, 15) is 0 Å². The number of alkyl halides is 1. The molecule has 19 heavy (non-hydrogen) atoms. The van der Waals surface area contributed by atoms with Crippen LogP contribution in [0.1, 0.15) is 44.6 Å². The predicted octanol–water partition coefficient (Wildman–Crippen LogP) is 5.06. The monoisotopic (exact) mass is 280 g/mol. The lowest BCUT2D eigenvalue weighted by Gasteiger charge is -2.27. The highest BCUT2D eigenvalue weighted by atomic mass is 35.5. The van der Waals surface area contributed by atoms with Crippen LogP contribution < -0.4 is 4.74 Å². The Labute approximate surface area is 122 Å². The first-order chi connectivity index (χ1) is 9.31. The standard InChI is InChI=1S/C17H25ClO/c1-2-3-14-8-10-17(11-9-14)19-13-16-6-4-15(12-18)5-7-16/h8-11,15-16H,2-7,12-13H2,1H3. The second-order valence-electron chi connectivity index (χ2n) is 5.75. The third kappa shape index (κ3) is 4.72. The van der Waals surface area contributed by atoms with Crippen molar-refractivity contribution >= 4 is 11.6 Å². The average molecular weight is 281 g/mol. The Morgan fingerprint density at radius 3 is 2.26 bits per heavy atom. The number of aryl methyl sites for hydroxylation is 1. The summed E-state index contributed by atoms with van der Waals surface area (Å²) < 4.78 is 5.91. The Kier molecular flexibility index (Phi) is 6.03. The minimum Gasteiger partial charge on any atom is -0.493 e. The fraction of sp³-hybridized carbons (Fsp3) is 0.647. The van der Waals surface area contributed by atoms with Crippen LogP contribution in [0, 0.1) is 11.8 Å². The van der Waals surface area contributed by atoms with E-state index in [1.807, 2.05) is 0 Å². The highest BCUT2D eigenvalue weighted by Crippen LogP contribution is 2.30. The molecule has 1 fully saturated rings. The molecular formula is C17H25ClO. The normalized spacial score (nSPS) is 23.3. The lowest BCUT2D eigenvalue weighted by molar-refractivity contribution is 0.189. The zero-order chi connectivity index (χ0) is 13.5. The van der Waals surface area contributed by atoms with Crippen molar-refractivity contribution in [2.24, 2.45) is 11.8 Å². The maximum Gasteiger partial charge on any atom is 0.119 e. The van der Waals surface area contributed by atoms with Gasteiger partial charge in [-0.1, -0.05) is 25.5 Å². The lowest BCUT2D eigenvalue weighted by atomic mass is 9.83. The Morgan fingerprint density at radius 2 is 1.68 bits per heavy atom. The first-order valence-electron chi connectivity index (χ1n) is 7.59. The van der Waals surface area contributed by atoms with Crippen molar-refractivity contribution in [1.29, 1.82) is 0 Å². The minimum atomic E-state index is 0.717. The van der Waals surface area contributed by atoms with Crippen molar-refractivity contribution in [2.75, 3.05) is 12.5 Å². The second-order valence-corrected chi connectivity index (χ2v) is 6.05. The fourth-order valence-electron chi connectivity index (χ4n) is 2.81. The predicted molar refractivity (Wildman–Crippen MR) is 82.1 cm³/mol. The molecule has 0 saturated heterocycles. The molecule has 0 bridgehead atoms. The van der Waals surface area contributed by atoms with E-state index < -0.39 is 0 Å². The van der Waals surface area contributed by atoms with E-state index >= 15 is 0 Å². The van der Waals surface area contributed by atoms with Gasteiger partial charge in [0.05, 0.1) is 6.61 Å². The minimum absolute atomic E-state index is 0.717. The number of hydrogen-bond acceptors (Lipinski definition) is 1. The first kappa shape index (κ1) is 14.7.